The molecule has 0 spiro atoms. The highest BCUT2D eigenvalue weighted by atomic mass is 32.1. The molecule has 4 nitrogen and oxygen atoms in total. The van der Waals surface area contributed by atoms with E-state index in [-0.39, 0.29) is 5.41 Å². The largest absolute Gasteiger partial charge is 0.477 e. The summed E-state index contributed by atoms with van der Waals surface area (Å²) in [6, 6.07) is 0.514. The lowest BCUT2D eigenvalue weighted by Gasteiger charge is -2.23. The molecule has 2 rings (SSSR count). The van der Waals surface area contributed by atoms with Gasteiger partial charge in [0.25, 0.3) is 0 Å². The Bertz CT molecular complexity index is 470. The first-order chi connectivity index (χ1) is 8.80. The number of nitrogens with zero attached hydrogens (tertiary/aromatic N) is 2. The molecule has 0 aliphatic heterocycles. The van der Waals surface area contributed by atoms with Crippen LogP contribution in [0.2, 0.25) is 0 Å². The maximum absolute atomic E-state index is 11.4. The lowest BCUT2D eigenvalue weighted by molar-refractivity contribution is 0.0699. The number of carboxylic acid groups (broad SMARTS) is 1. The summed E-state index contributed by atoms with van der Waals surface area (Å²) in [5, 5.41) is 10.2. The Morgan fingerprint density at radius 1 is 1.37 bits per heavy atom. The first-order valence-corrected chi connectivity index (χ1v) is 7.60. The highest BCUT2D eigenvalue weighted by molar-refractivity contribution is 7.17. The predicted molar refractivity (Wildman–Crippen MR) is 78.4 cm³/mol. The van der Waals surface area contributed by atoms with Crippen LogP contribution >= 0.6 is 11.3 Å². The van der Waals surface area contributed by atoms with Crippen molar-refractivity contribution in [2.75, 3.05) is 11.9 Å². The average molecular weight is 282 g/mol. The third kappa shape index (κ3) is 2.91. The van der Waals surface area contributed by atoms with E-state index < -0.39 is 5.97 Å². The van der Waals surface area contributed by atoms with Gasteiger partial charge in [-0.3, -0.25) is 0 Å². The molecule has 0 bridgehead atoms. The lowest BCUT2D eigenvalue weighted by Crippen LogP contribution is -2.28. The molecule has 1 saturated carbocycles. The van der Waals surface area contributed by atoms with Crippen LogP contribution in [0, 0.1) is 0 Å². The van der Waals surface area contributed by atoms with Gasteiger partial charge in [0, 0.05) is 18.5 Å². The zero-order valence-corrected chi connectivity index (χ0v) is 12.9. The molecule has 0 saturated heterocycles. The zero-order chi connectivity index (χ0) is 14.2. The average Bonchev–Trinajstić information content (AvgIpc) is 2.96. The highest BCUT2D eigenvalue weighted by Gasteiger charge is 2.30. The van der Waals surface area contributed by atoms with Crippen molar-refractivity contribution < 1.29 is 9.90 Å². The summed E-state index contributed by atoms with van der Waals surface area (Å²) in [4.78, 5) is 18.5. The first kappa shape index (κ1) is 14.3. The second-order valence-corrected chi connectivity index (χ2v) is 7.26. The summed E-state index contributed by atoms with van der Waals surface area (Å²) >= 11 is 1.30. The van der Waals surface area contributed by atoms with Crippen molar-refractivity contribution in [1.82, 2.24) is 4.98 Å². The number of hydrogen-bond donors (Lipinski definition) is 1. The van der Waals surface area contributed by atoms with E-state index in [0.717, 1.165) is 5.13 Å². The summed E-state index contributed by atoms with van der Waals surface area (Å²) < 4.78 is 0. The van der Waals surface area contributed by atoms with Crippen LogP contribution in [-0.4, -0.2) is 29.1 Å². The number of aromatic carboxylic acids is 1. The van der Waals surface area contributed by atoms with Gasteiger partial charge in [0.05, 0.1) is 5.69 Å². The molecule has 1 aromatic heterocycles. The van der Waals surface area contributed by atoms with Crippen LogP contribution < -0.4 is 4.90 Å². The minimum absolute atomic E-state index is 0.237. The van der Waals surface area contributed by atoms with Gasteiger partial charge in [-0.1, -0.05) is 44.9 Å². The van der Waals surface area contributed by atoms with Gasteiger partial charge in [0.15, 0.2) is 5.13 Å². The van der Waals surface area contributed by atoms with E-state index in [4.69, 9.17) is 0 Å². The molecule has 1 aliphatic rings. The van der Waals surface area contributed by atoms with Gasteiger partial charge in [-0.25, -0.2) is 9.78 Å². The quantitative estimate of drug-likeness (QED) is 0.921. The van der Waals surface area contributed by atoms with Crippen LogP contribution in [0.4, 0.5) is 5.13 Å². The van der Waals surface area contributed by atoms with Crippen LogP contribution in [0.5, 0.6) is 0 Å². The van der Waals surface area contributed by atoms with Crippen molar-refractivity contribution in [2.45, 2.75) is 57.9 Å². The number of hydrogen-bond acceptors (Lipinski definition) is 4. The molecule has 1 heterocycles. The first-order valence-electron chi connectivity index (χ1n) is 6.78. The van der Waals surface area contributed by atoms with Crippen molar-refractivity contribution in [3.05, 3.63) is 10.6 Å². The van der Waals surface area contributed by atoms with Gasteiger partial charge in [0.2, 0.25) is 0 Å². The fourth-order valence-electron chi connectivity index (χ4n) is 2.56. The number of aromatic nitrogens is 1. The molecule has 0 unspecified atom stereocenters. The molecule has 0 aromatic carbocycles. The fraction of sp³-hybridized carbons (Fsp3) is 0.714. The van der Waals surface area contributed by atoms with Crippen LogP contribution in [0.15, 0.2) is 0 Å². The fourth-order valence-corrected chi connectivity index (χ4v) is 3.71. The molecular formula is C14H22N2O2S. The summed E-state index contributed by atoms with van der Waals surface area (Å²) in [6.07, 6.45) is 4.89. The van der Waals surface area contributed by atoms with Gasteiger partial charge in [-0.05, 0) is 12.8 Å². The van der Waals surface area contributed by atoms with E-state index in [1.807, 2.05) is 27.8 Å². The highest BCUT2D eigenvalue weighted by Crippen LogP contribution is 2.36. The summed E-state index contributed by atoms with van der Waals surface area (Å²) in [7, 11) is 2.03. The number of carbonyl (C=O) groups is 1. The molecule has 5 heteroatoms. The predicted octanol–water partition coefficient (Wildman–Crippen LogP) is 3.52. The minimum Gasteiger partial charge on any atom is -0.477 e. The smallest absolute Gasteiger partial charge is 0.347 e. The Labute approximate surface area is 118 Å². The summed E-state index contributed by atoms with van der Waals surface area (Å²) in [6.45, 7) is 6.02. The molecule has 0 atom stereocenters. The summed E-state index contributed by atoms with van der Waals surface area (Å²) in [5.41, 5.74) is 0.462. The van der Waals surface area contributed by atoms with Crippen LogP contribution in [0.25, 0.3) is 0 Å². The topological polar surface area (TPSA) is 53.4 Å². The Kier molecular flexibility index (Phi) is 3.85. The third-order valence-corrected chi connectivity index (χ3v) is 4.83. The molecule has 0 amide bonds. The number of carboxylic acids is 1. The van der Waals surface area contributed by atoms with Crippen LogP contribution in [0.3, 0.4) is 0 Å². The van der Waals surface area contributed by atoms with E-state index >= 15 is 0 Å². The molecule has 106 valence electrons. The molecular weight excluding hydrogens is 260 g/mol. The maximum Gasteiger partial charge on any atom is 0.347 e. The van der Waals surface area contributed by atoms with Crippen molar-refractivity contribution >= 4 is 22.4 Å². The van der Waals surface area contributed by atoms with Crippen molar-refractivity contribution in [2.24, 2.45) is 0 Å². The minimum atomic E-state index is -0.867. The van der Waals surface area contributed by atoms with Gasteiger partial charge >= 0.3 is 5.97 Å². The van der Waals surface area contributed by atoms with Gasteiger partial charge in [-0.15, -0.1) is 0 Å². The second-order valence-electron chi connectivity index (χ2n) is 6.28. The number of rotatable bonds is 3. The van der Waals surface area contributed by atoms with Crippen LogP contribution in [-0.2, 0) is 5.41 Å². The van der Waals surface area contributed by atoms with E-state index in [1.54, 1.807) is 0 Å². The van der Waals surface area contributed by atoms with Crippen molar-refractivity contribution in [1.29, 1.82) is 0 Å². The van der Waals surface area contributed by atoms with E-state index in [9.17, 15) is 9.90 Å². The van der Waals surface area contributed by atoms with E-state index in [1.165, 1.54) is 37.0 Å². The zero-order valence-electron chi connectivity index (χ0n) is 12.1. The van der Waals surface area contributed by atoms with E-state index in [0.29, 0.717) is 16.6 Å². The molecule has 1 aromatic rings. The Morgan fingerprint density at radius 2 is 1.95 bits per heavy atom. The van der Waals surface area contributed by atoms with Crippen LogP contribution in [0.1, 0.15) is 61.8 Å². The van der Waals surface area contributed by atoms with Gasteiger partial charge in [0.1, 0.15) is 4.88 Å². The molecule has 19 heavy (non-hydrogen) atoms. The Morgan fingerprint density at radius 3 is 2.37 bits per heavy atom. The Hall–Kier alpha value is -1.10. The van der Waals surface area contributed by atoms with Crippen molar-refractivity contribution in [3.8, 4) is 0 Å². The lowest BCUT2D eigenvalue weighted by atomic mass is 9.91. The standard InChI is InChI=1S/C14H22N2O2S/c1-14(2,3)11-10(12(17)18)19-13(15-11)16(4)9-7-5-6-8-9/h9H,5-8H2,1-4H3,(H,17,18). The normalized spacial score (nSPS) is 16.8. The Balaban J connectivity index is 2.34. The maximum atomic E-state index is 11.4. The van der Waals surface area contributed by atoms with Gasteiger partial charge < -0.3 is 10.0 Å². The second kappa shape index (κ2) is 5.12. The monoisotopic (exact) mass is 282 g/mol. The van der Waals surface area contributed by atoms with Gasteiger partial charge in [-0.2, -0.15) is 0 Å². The van der Waals surface area contributed by atoms with Crippen molar-refractivity contribution in [3.63, 3.8) is 0 Å². The molecule has 1 fully saturated rings. The number of anilines is 1. The molecule has 0 radical (unpaired) electrons. The SMILES string of the molecule is CN(c1nc(C(C)(C)C)c(C(=O)O)s1)C1CCCC1. The molecule has 1 aliphatic carbocycles. The molecule has 1 N–H and O–H groups in total. The van der Waals surface area contributed by atoms with E-state index in [2.05, 4.69) is 9.88 Å². The number of thiazole rings is 1. The summed E-state index contributed by atoms with van der Waals surface area (Å²) in [5.74, 6) is -0.867. The third-order valence-electron chi connectivity index (χ3n) is 3.69.